The first-order valence-electron chi connectivity index (χ1n) is 7.02. The first-order chi connectivity index (χ1) is 9.62. The number of nitrogens with two attached hydrogens (primary N) is 1. The van der Waals surface area contributed by atoms with Crippen LogP contribution in [0.3, 0.4) is 0 Å². The highest BCUT2D eigenvalue weighted by Crippen LogP contribution is 2.52. The highest BCUT2D eigenvalue weighted by atomic mass is 35.5. The molecule has 2 rings (SSSR count). The quantitative estimate of drug-likeness (QED) is 0.835. The lowest BCUT2D eigenvalue weighted by molar-refractivity contribution is -0.0663. The van der Waals surface area contributed by atoms with E-state index in [2.05, 4.69) is 33.0 Å². The Bertz CT molecular complexity index is 555. The van der Waals surface area contributed by atoms with Gasteiger partial charge in [-0.15, -0.1) is 11.8 Å². The highest BCUT2D eigenvalue weighted by molar-refractivity contribution is 7.98. The predicted octanol–water partition coefficient (Wildman–Crippen LogP) is 3.55. The maximum Gasteiger partial charge on any atom is 0.253 e. The Kier molecular flexibility index (Phi) is 4.35. The van der Waals surface area contributed by atoms with E-state index in [1.165, 1.54) is 0 Å². The lowest BCUT2D eigenvalue weighted by atomic mass is 9.48. The number of hydrogen-bond donors (Lipinski definition) is 2. The molecule has 0 unspecified atom stereocenters. The van der Waals surface area contributed by atoms with Gasteiger partial charge in [-0.2, -0.15) is 0 Å². The lowest BCUT2D eigenvalue weighted by Crippen LogP contribution is -2.76. The number of halogens is 1. The molecule has 1 fully saturated rings. The topological polar surface area (TPSA) is 55.1 Å². The van der Waals surface area contributed by atoms with Gasteiger partial charge in [0.05, 0.1) is 10.6 Å². The number of nitrogens with one attached hydrogen (secondary N) is 1. The van der Waals surface area contributed by atoms with E-state index in [9.17, 15) is 4.79 Å². The molecule has 1 saturated carbocycles. The molecule has 1 aliphatic rings. The van der Waals surface area contributed by atoms with Gasteiger partial charge in [-0.05, 0) is 24.5 Å². The zero-order valence-electron chi connectivity index (χ0n) is 13.2. The Morgan fingerprint density at radius 1 is 1.29 bits per heavy atom. The summed E-state index contributed by atoms with van der Waals surface area (Å²) in [5, 5.41) is 3.60. The van der Waals surface area contributed by atoms with Gasteiger partial charge >= 0.3 is 0 Å². The van der Waals surface area contributed by atoms with Crippen molar-refractivity contribution < 1.29 is 4.79 Å². The van der Waals surface area contributed by atoms with Crippen molar-refractivity contribution in [2.24, 2.45) is 16.6 Å². The molecule has 0 radical (unpaired) electrons. The zero-order valence-corrected chi connectivity index (χ0v) is 14.7. The number of benzene rings is 1. The van der Waals surface area contributed by atoms with Gasteiger partial charge in [-0.1, -0.05) is 39.3 Å². The number of carbonyl (C=O) groups excluding carboxylic acids is 1. The molecule has 1 aromatic rings. The van der Waals surface area contributed by atoms with Crippen molar-refractivity contribution in [3.05, 3.63) is 28.8 Å². The fourth-order valence-corrected chi connectivity index (χ4v) is 4.21. The van der Waals surface area contributed by atoms with Gasteiger partial charge in [-0.3, -0.25) is 4.79 Å². The Balaban J connectivity index is 2.23. The van der Waals surface area contributed by atoms with E-state index in [-0.39, 0.29) is 28.8 Å². The van der Waals surface area contributed by atoms with E-state index in [0.29, 0.717) is 10.6 Å². The number of hydrogen-bond acceptors (Lipinski definition) is 3. The Morgan fingerprint density at radius 3 is 2.38 bits per heavy atom. The molecular weight excluding hydrogens is 304 g/mol. The summed E-state index contributed by atoms with van der Waals surface area (Å²) in [7, 11) is 0. The van der Waals surface area contributed by atoms with Crippen LogP contribution in [0.1, 0.15) is 38.1 Å². The van der Waals surface area contributed by atoms with Crippen LogP contribution in [0.25, 0.3) is 0 Å². The Morgan fingerprint density at radius 2 is 1.86 bits per heavy atom. The summed E-state index contributed by atoms with van der Waals surface area (Å²) >= 11 is 7.76. The van der Waals surface area contributed by atoms with Crippen molar-refractivity contribution in [2.45, 2.75) is 44.7 Å². The molecule has 21 heavy (non-hydrogen) atoms. The fourth-order valence-electron chi connectivity index (χ4n) is 3.57. The molecule has 1 amide bonds. The van der Waals surface area contributed by atoms with E-state index in [4.69, 9.17) is 17.3 Å². The Labute approximate surface area is 136 Å². The van der Waals surface area contributed by atoms with Gasteiger partial charge < -0.3 is 11.1 Å². The average molecular weight is 327 g/mol. The smallest absolute Gasteiger partial charge is 0.253 e. The predicted molar refractivity (Wildman–Crippen MR) is 90.0 cm³/mol. The third kappa shape index (κ3) is 2.69. The first-order valence-corrected chi connectivity index (χ1v) is 8.62. The van der Waals surface area contributed by atoms with Crippen molar-refractivity contribution in [3.8, 4) is 0 Å². The molecule has 0 saturated heterocycles. The normalized spacial score (nSPS) is 26.0. The van der Waals surface area contributed by atoms with Crippen molar-refractivity contribution in [1.29, 1.82) is 0 Å². The van der Waals surface area contributed by atoms with Gasteiger partial charge in [0, 0.05) is 27.8 Å². The monoisotopic (exact) mass is 326 g/mol. The summed E-state index contributed by atoms with van der Waals surface area (Å²) in [5.74, 6) is -0.131. The van der Waals surface area contributed by atoms with E-state index in [1.807, 2.05) is 18.4 Å². The summed E-state index contributed by atoms with van der Waals surface area (Å²) in [6.45, 7) is 8.36. The van der Waals surface area contributed by atoms with Crippen molar-refractivity contribution in [2.75, 3.05) is 6.26 Å². The molecule has 3 nitrogen and oxygen atoms in total. The standard InChI is InChI=1S/C16H23ClN2OS/c1-15(2)13(18)16(3,4)14(15)19-12(20)10-8-9(21-5)6-7-11(10)17/h6-8,13-14H,18H2,1-5H3,(H,19,20). The Hall–Kier alpha value is -0.710. The molecule has 1 aliphatic carbocycles. The molecule has 116 valence electrons. The van der Waals surface area contributed by atoms with Gasteiger partial charge in [0.2, 0.25) is 0 Å². The van der Waals surface area contributed by atoms with Crippen LogP contribution in [-0.2, 0) is 0 Å². The van der Waals surface area contributed by atoms with E-state index in [1.54, 1.807) is 17.8 Å². The molecule has 1 aromatic carbocycles. The maximum absolute atomic E-state index is 12.6. The second kappa shape index (κ2) is 5.49. The molecule has 0 atom stereocenters. The zero-order chi connectivity index (χ0) is 16.0. The second-order valence-electron chi connectivity index (χ2n) is 6.87. The van der Waals surface area contributed by atoms with Crippen LogP contribution in [0, 0.1) is 10.8 Å². The first kappa shape index (κ1) is 16.7. The summed E-state index contributed by atoms with van der Waals surface area (Å²) in [6.07, 6.45) is 1.97. The van der Waals surface area contributed by atoms with Crippen molar-refractivity contribution >= 4 is 29.3 Å². The van der Waals surface area contributed by atoms with Gasteiger partial charge in [0.15, 0.2) is 0 Å². The SMILES string of the molecule is CSc1ccc(Cl)c(C(=O)NC2C(C)(C)C(N)C2(C)C)c1. The molecule has 0 heterocycles. The van der Waals surface area contributed by atoms with Crippen molar-refractivity contribution in [3.63, 3.8) is 0 Å². The van der Waals surface area contributed by atoms with E-state index in [0.717, 1.165) is 4.90 Å². The largest absolute Gasteiger partial charge is 0.348 e. The molecular formula is C16H23ClN2OS. The number of amides is 1. The van der Waals surface area contributed by atoms with Crippen LogP contribution in [0.5, 0.6) is 0 Å². The highest BCUT2D eigenvalue weighted by Gasteiger charge is 2.60. The fraction of sp³-hybridized carbons (Fsp3) is 0.562. The minimum absolute atomic E-state index is 0.0292. The summed E-state index contributed by atoms with van der Waals surface area (Å²) in [5.41, 5.74) is 6.51. The number of carbonyl (C=O) groups is 1. The lowest BCUT2D eigenvalue weighted by Gasteiger charge is -2.62. The third-order valence-corrected chi connectivity index (χ3v) is 5.84. The van der Waals surface area contributed by atoms with Crippen LogP contribution in [0.4, 0.5) is 0 Å². The second-order valence-corrected chi connectivity index (χ2v) is 8.16. The van der Waals surface area contributed by atoms with Crippen LogP contribution in [0.15, 0.2) is 23.1 Å². The van der Waals surface area contributed by atoms with Crippen LogP contribution >= 0.6 is 23.4 Å². The molecule has 0 spiro atoms. The minimum atomic E-state index is -0.131. The summed E-state index contributed by atoms with van der Waals surface area (Å²) < 4.78 is 0. The van der Waals surface area contributed by atoms with Crippen LogP contribution < -0.4 is 11.1 Å². The van der Waals surface area contributed by atoms with Gasteiger partial charge in [0.1, 0.15) is 0 Å². The minimum Gasteiger partial charge on any atom is -0.348 e. The summed E-state index contributed by atoms with van der Waals surface area (Å²) in [4.78, 5) is 13.6. The van der Waals surface area contributed by atoms with Crippen LogP contribution in [0.2, 0.25) is 5.02 Å². The molecule has 0 aromatic heterocycles. The maximum atomic E-state index is 12.6. The third-order valence-electron chi connectivity index (χ3n) is 4.78. The molecule has 0 bridgehead atoms. The van der Waals surface area contributed by atoms with Crippen LogP contribution in [-0.4, -0.2) is 24.2 Å². The van der Waals surface area contributed by atoms with Gasteiger partial charge in [0.25, 0.3) is 5.91 Å². The van der Waals surface area contributed by atoms with E-state index < -0.39 is 0 Å². The molecule has 0 aliphatic heterocycles. The van der Waals surface area contributed by atoms with Crippen molar-refractivity contribution in [1.82, 2.24) is 5.32 Å². The average Bonchev–Trinajstić information content (AvgIpc) is 2.43. The van der Waals surface area contributed by atoms with Gasteiger partial charge in [-0.25, -0.2) is 0 Å². The van der Waals surface area contributed by atoms with E-state index >= 15 is 0 Å². The molecule has 3 N–H and O–H groups in total. The summed E-state index contributed by atoms with van der Waals surface area (Å²) in [6, 6.07) is 5.60. The molecule has 5 heteroatoms. The number of thioether (sulfide) groups is 1. The number of rotatable bonds is 3.